The third-order valence-electron chi connectivity index (χ3n) is 4.48. The lowest BCUT2D eigenvalue weighted by Gasteiger charge is -2.14. The van der Waals surface area contributed by atoms with Crippen LogP contribution >= 0.6 is 0 Å². The number of hydrogen-bond donors (Lipinski definition) is 1. The second-order valence-corrected chi connectivity index (χ2v) is 6.98. The van der Waals surface area contributed by atoms with Gasteiger partial charge in [-0.1, -0.05) is 62.4 Å². The lowest BCUT2D eigenvalue weighted by molar-refractivity contribution is -0.123. The zero-order valence-electron chi connectivity index (χ0n) is 16.7. The molecule has 0 spiro atoms. The molecule has 29 heavy (non-hydrogen) atoms. The van der Waals surface area contributed by atoms with E-state index in [0.29, 0.717) is 23.9 Å². The SMILES string of the molecule is CC(C)c1ccccc1OCC(=O)NCCn1nc(-c2ccccc2)ccc1=O. The van der Waals surface area contributed by atoms with E-state index >= 15 is 0 Å². The van der Waals surface area contributed by atoms with E-state index in [1.54, 1.807) is 6.07 Å². The molecule has 3 aromatic rings. The van der Waals surface area contributed by atoms with Crippen molar-refractivity contribution in [3.05, 3.63) is 82.6 Å². The molecule has 0 saturated heterocycles. The van der Waals surface area contributed by atoms with Gasteiger partial charge in [0.1, 0.15) is 5.75 Å². The summed E-state index contributed by atoms with van der Waals surface area (Å²) < 4.78 is 7.03. The van der Waals surface area contributed by atoms with Gasteiger partial charge in [-0.25, -0.2) is 4.68 Å². The van der Waals surface area contributed by atoms with E-state index in [1.807, 2.05) is 54.6 Å². The van der Waals surface area contributed by atoms with Crippen molar-refractivity contribution in [2.45, 2.75) is 26.3 Å². The molecular formula is C23H25N3O3. The highest BCUT2D eigenvalue weighted by molar-refractivity contribution is 5.77. The maximum Gasteiger partial charge on any atom is 0.266 e. The van der Waals surface area contributed by atoms with E-state index in [4.69, 9.17) is 4.74 Å². The Morgan fingerprint density at radius 3 is 2.52 bits per heavy atom. The molecule has 0 saturated carbocycles. The van der Waals surface area contributed by atoms with Crippen LogP contribution in [0.25, 0.3) is 11.3 Å². The molecular weight excluding hydrogens is 366 g/mol. The van der Waals surface area contributed by atoms with Crippen LogP contribution in [0.5, 0.6) is 5.75 Å². The molecule has 0 fully saturated rings. The minimum Gasteiger partial charge on any atom is -0.483 e. The topological polar surface area (TPSA) is 73.2 Å². The number of hydrogen-bond acceptors (Lipinski definition) is 4. The van der Waals surface area contributed by atoms with E-state index in [0.717, 1.165) is 11.1 Å². The fourth-order valence-electron chi connectivity index (χ4n) is 2.96. The molecule has 0 aliphatic heterocycles. The summed E-state index contributed by atoms with van der Waals surface area (Å²) in [6.45, 7) is 4.66. The summed E-state index contributed by atoms with van der Waals surface area (Å²) in [5, 5.41) is 7.16. The first-order valence-corrected chi connectivity index (χ1v) is 9.66. The average Bonchev–Trinajstić information content (AvgIpc) is 2.74. The number of carbonyl (C=O) groups is 1. The van der Waals surface area contributed by atoms with Crippen molar-refractivity contribution in [2.24, 2.45) is 0 Å². The highest BCUT2D eigenvalue weighted by Gasteiger charge is 2.09. The lowest BCUT2D eigenvalue weighted by Crippen LogP contribution is -2.34. The van der Waals surface area contributed by atoms with Crippen LogP contribution in [0.2, 0.25) is 0 Å². The van der Waals surface area contributed by atoms with Crippen molar-refractivity contribution in [2.75, 3.05) is 13.2 Å². The number of rotatable bonds is 8. The van der Waals surface area contributed by atoms with Crippen molar-refractivity contribution in [1.29, 1.82) is 0 Å². The van der Waals surface area contributed by atoms with Crippen molar-refractivity contribution in [3.8, 4) is 17.0 Å². The summed E-state index contributed by atoms with van der Waals surface area (Å²) >= 11 is 0. The minimum atomic E-state index is -0.240. The second kappa shape index (κ2) is 9.68. The maximum absolute atomic E-state index is 12.1. The summed E-state index contributed by atoms with van der Waals surface area (Å²) in [6.07, 6.45) is 0. The largest absolute Gasteiger partial charge is 0.483 e. The van der Waals surface area contributed by atoms with E-state index in [9.17, 15) is 9.59 Å². The predicted molar refractivity (Wildman–Crippen MR) is 113 cm³/mol. The highest BCUT2D eigenvalue weighted by Crippen LogP contribution is 2.25. The predicted octanol–water partition coefficient (Wildman–Crippen LogP) is 3.23. The number of para-hydroxylation sites is 1. The summed E-state index contributed by atoms with van der Waals surface area (Å²) in [5.41, 5.74) is 2.50. The van der Waals surface area contributed by atoms with Crippen LogP contribution in [0.15, 0.2) is 71.5 Å². The summed E-state index contributed by atoms with van der Waals surface area (Å²) in [4.78, 5) is 24.2. The van der Waals surface area contributed by atoms with Gasteiger partial charge < -0.3 is 10.1 Å². The van der Waals surface area contributed by atoms with Crippen molar-refractivity contribution in [1.82, 2.24) is 15.1 Å². The van der Waals surface area contributed by atoms with Gasteiger partial charge in [-0.15, -0.1) is 0 Å². The third-order valence-corrected chi connectivity index (χ3v) is 4.48. The number of carbonyl (C=O) groups excluding carboxylic acids is 1. The van der Waals surface area contributed by atoms with Crippen molar-refractivity contribution >= 4 is 5.91 Å². The first kappa shape index (κ1) is 20.3. The number of amides is 1. The minimum absolute atomic E-state index is 0.0733. The normalized spacial score (nSPS) is 10.7. The molecule has 150 valence electrons. The van der Waals surface area contributed by atoms with E-state index in [-0.39, 0.29) is 24.6 Å². The molecule has 6 heteroatoms. The summed E-state index contributed by atoms with van der Waals surface area (Å²) in [5.74, 6) is 0.783. The Labute approximate surface area is 170 Å². The number of nitrogens with zero attached hydrogens (tertiary/aromatic N) is 2. The van der Waals surface area contributed by atoms with Gasteiger partial charge >= 0.3 is 0 Å². The van der Waals surface area contributed by atoms with Gasteiger partial charge in [0.05, 0.1) is 12.2 Å². The molecule has 0 aliphatic rings. The van der Waals surface area contributed by atoms with Gasteiger partial charge in [0.25, 0.3) is 11.5 Å². The van der Waals surface area contributed by atoms with Gasteiger partial charge in [-0.05, 0) is 23.6 Å². The molecule has 1 heterocycles. The molecule has 0 radical (unpaired) electrons. The van der Waals surface area contributed by atoms with Crippen LogP contribution in [0.1, 0.15) is 25.3 Å². The molecule has 0 unspecified atom stereocenters. The van der Waals surface area contributed by atoms with Gasteiger partial charge in [0.2, 0.25) is 0 Å². The Morgan fingerprint density at radius 1 is 1.03 bits per heavy atom. The fourth-order valence-corrected chi connectivity index (χ4v) is 2.96. The van der Waals surface area contributed by atoms with E-state index < -0.39 is 0 Å². The quantitative estimate of drug-likeness (QED) is 0.640. The van der Waals surface area contributed by atoms with Crippen LogP contribution < -0.4 is 15.6 Å². The number of aromatic nitrogens is 2. The van der Waals surface area contributed by atoms with Crippen LogP contribution in [0.3, 0.4) is 0 Å². The lowest BCUT2D eigenvalue weighted by atomic mass is 10.0. The third kappa shape index (κ3) is 5.54. The van der Waals surface area contributed by atoms with Gasteiger partial charge in [0.15, 0.2) is 6.61 Å². The molecule has 6 nitrogen and oxygen atoms in total. The molecule has 3 rings (SSSR count). The summed E-state index contributed by atoms with van der Waals surface area (Å²) in [6, 6.07) is 20.5. The molecule has 0 atom stereocenters. The Hall–Kier alpha value is -3.41. The Balaban J connectivity index is 1.54. The van der Waals surface area contributed by atoms with Crippen LogP contribution in [-0.4, -0.2) is 28.8 Å². The molecule has 1 amide bonds. The first-order chi connectivity index (χ1) is 14.0. The van der Waals surface area contributed by atoms with Gasteiger partial charge in [-0.2, -0.15) is 5.10 Å². The number of nitrogens with one attached hydrogen (secondary N) is 1. The monoisotopic (exact) mass is 391 g/mol. The summed E-state index contributed by atoms with van der Waals surface area (Å²) in [7, 11) is 0. The van der Waals surface area contributed by atoms with Crippen LogP contribution in [0, 0.1) is 0 Å². The molecule has 0 aliphatic carbocycles. The average molecular weight is 391 g/mol. The zero-order valence-corrected chi connectivity index (χ0v) is 16.7. The van der Waals surface area contributed by atoms with E-state index in [2.05, 4.69) is 24.3 Å². The van der Waals surface area contributed by atoms with E-state index in [1.165, 1.54) is 10.7 Å². The molecule has 1 N–H and O–H groups in total. The Morgan fingerprint density at radius 2 is 1.76 bits per heavy atom. The Bertz CT molecular complexity index is 1010. The smallest absolute Gasteiger partial charge is 0.266 e. The zero-order chi connectivity index (χ0) is 20.6. The fraction of sp³-hybridized carbons (Fsp3) is 0.261. The van der Waals surface area contributed by atoms with Crippen LogP contribution in [-0.2, 0) is 11.3 Å². The van der Waals surface area contributed by atoms with Gasteiger partial charge in [0, 0.05) is 18.2 Å². The van der Waals surface area contributed by atoms with Crippen LogP contribution in [0.4, 0.5) is 0 Å². The molecule has 2 aromatic carbocycles. The number of ether oxygens (including phenoxy) is 1. The molecule has 0 bridgehead atoms. The first-order valence-electron chi connectivity index (χ1n) is 9.66. The van der Waals surface area contributed by atoms with Crippen molar-refractivity contribution < 1.29 is 9.53 Å². The maximum atomic E-state index is 12.1. The molecule has 1 aromatic heterocycles. The second-order valence-electron chi connectivity index (χ2n) is 6.98. The van der Waals surface area contributed by atoms with Gasteiger partial charge in [-0.3, -0.25) is 9.59 Å². The highest BCUT2D eigenvalue weighted by atomic mass is 16.5. The number of benzene rings is 2. The Kier molecular flexibility index (Phi) is 6.79. The van der Waals surface area contributed by atoms with Crippen molar-refractivity contribution in [3.63, 3.8) is 0 Å². The standard InChI is InChI=1S/C23H25N3O3/c1-17(2)19-10-6-7-11-21(19)29-16-22(27)24-14-15-26-23(28)13-12-20(25-26)18-8-4-3-5-9-18/h3-13,17H,14-16H2,1-2H3,(H,24,27).